The molecule has 6 nitrogen and oxygen atoms in total. The molecule has 2 bridgehead atoms. The molecule has 0 aromatic carbocycles. The Bertz CT molecular complexity index is 834. The number of fused-ring (bicyclic) bond motifs is 2. The highest BCUT2D eigenvalue weighted by atomic mass is 32.3. The molecule has 0 heterocycles. The van der Waals surface area contributed by atoms with Crippen LogP contribution in [0.3, 0.4) is 0 Å². The summed E-state index contributed by atoms with van der Waals surface area (Å²) in [6.07, 6.45) is 0.398. The van der Waals surface area contributed by atoms with Crippen LogP contribution in [0, 0.1) is 29.1 Å². The number of halogens is 5. The highest BCUT2D eigenvalue weighted by molar-refractivity contribution is 8.13. The molecule has 0 N–H and O–H groups in total. The van der Waals surface area contributed by atoms with Gasteiger partial charge in [0.15, 0.2) is 20.0 Å². The molecule has 158 valence electrons. The third-order valence-corrected chi connectivity index (χ3v) is 9.13. The van der Waals surface area contributed by atoms with E-state index in [4.69, 9.17) is 0 Å². The quantitative estimate of drug-likeness (QED) is 0.590. The van der Waals surface area contributed by atoms with Crippen molar-refractivity contribution in [2.24, 2.45) is 29.1 Å². The number of alkyl halides is 5. The zero-order valence-electron chi connectivity index (χ0n) is 14.6. The second kappa shape index (κ2) is 6.34. The van der Waals surface area contributed by atoms with E-state index in [1.807, 2.05) is 13.8 Å². The second-order valence-corrected chi connectivity index (χ2v) is 11.3. The summed E-state index contributed by atoms with van der Waals surface area (Å²) in [6, 6.07) is 0. The molecule has 3 aliphatic carbocycles. The van der Waals surface area contributed by atoms with Crippen LogP contribution in [-0.4, -0.2) is 33.4 Å². The maximum absolute atomic E-state index is 14.0. The Kier molecular flexibility index (Phi) is 5.28. The minimum atomic E-state index is -6.73. The third kappa shape index (κ3) is 3.61. The fourth-order valence-electron chi connectivity index (χ4n) is 4.25. The summed E-state index contributed by atoms with van der Waals surface area (Å²) in [5.41, 5.74) is -6.20. The van der Waals surface area contributed by atoms with Crippen molar-refractivity contribution in [3.8, 4) is 0 Å². The Labute approximate surface area is 154 Å². The number of hydrogen-bond acceptors (Lipinski definition) is 5. The van der Waals surface area contributed by atoms with Crippen LogP contribution in [0.1, 0.15) is 40.0 Å². The number of nitrogens with zero attached hydrogens (tertiary/aromatic N) is 1. The van der Waals surface area contributed by atoms with Crippen LogP contribution in [0.25, 0.3) is 4.13 Å². The first kappa shape index (κ1) is 22.5. The van der Waals surface area contributed by atoms with Crippen LogP contribution < -0.4 is 0 Å². The number of ketones is 1. The van der Waals surface area contributed by atoms with Gasteiger partial charge in [-0.25, -0.2) is 16.8 Å². The Balaban J connectivity index is 2.16. The van der Waals surface area contributed by atoms with Gasteiger partial charge in [0.05, 0.1) is 0 Å². The molecule has 3 rings (SSSR count). The molecule has 0 aromatic heterocycles. The number of carbonyl (C=O) groups excluding carboxylic acids is 1. The molecular weight excluding hydrogens is 421 g/mol. The van der Waals surface area contributed by atoms with E-state index >= 15 is 0 Å². The third-order valence-electron chi connectivity index (χ3n) is 6.10. The average Bonchev–Trinajstić information content (AvgIpc) is 2.45. The largest absolute Gasteiger partial charge is 0.480 e. The highest BCUT2D eigenvalue weighted by Crippen LogP contribution is 2.63. The van der Waals surface area contributed by atoms with Gasteiger partial charge in [-0.1, -0.05) is 20.8 Å². The molecule has 4 atom stereocenters. The van der Waals surface area contributed by atoms with Crippen molar-refractivity contribution in [1.29, 1.82) is 0 Å². The Morgan fingerprint density at radius 1 is 1.04 bits per heavy atom. The van der Waals surface area contributed by atoms with Crippen molar-refractivity contribution in [3.63, 3.8) is 0 Å². The van der Waals surface area contributed by atoms with Gasteiger partial charge in [-0.15, -0.1) is 0 Å². The van der Waals surface area contributed by atoms with Gasteiger partial charge in [-0.05, 0) is 41.9 Å². The van der Waals surface area contributed by atoms with Crippen molar-refractivity contribution in [2.45, 2.75) is 50.8 Å². The summed E-state index contributed by atoms with van der Waals surface area (Å²) in [4.78, 5) is 11.9. The second-order valence-electron chi connectivity index (χ2n) is 7.83. The lowest BCUT2D eigenvalue weighted by Gasteiger charge is -2.62. The van der Waals surface area contributed by atoms with E-state index in [1.165, 1.54) is 4.13 Å². The predicted molar refractivity (Wildman–Crippen MR) is 84.5 cm³/mol. The standard InChI is InChI=1S/C14H19F5NO5S2/c1-7-8(4-9-6-10(7)12(9,2)3)5-11(21)13(15,16)26(22,23)20-27(24,25)14(17,18)19/h7-10H,4-6H2,1-3H3/q-1. The van der Waals surface area contributed by atoms with E-state index in [0.29, 0.717) is 6.42 Å². The van der Waals surface area contributed by atoms with Gasteiger partial charge >= 0.3 is 10.8 Å². The molecular formula is C14H19F5NO5S2-. The number of carbonyl (C=O) groups is 1. The normalized spacial score (nSPS) is 31.3. The first-order valence-electron chi connectivity index (χ1n) is 8.06. The minimum absolute atomic E-state index is 0.0241. The van der Waals surface area contributed by atoms with Gasteiger partial charge in [0.2, 0.25) is 5.78 Å². The van der Waals surface area contributed by atoms with Gasteiger partial charge in [-0.3, -0.25) is 4.79 Å². The van der Waals surface area contributed by atoms with Crippen LogP contribution in [0.4, 0.5) is 22.0 Å². The zero-order chi connectivity index (χ0) is 21.2. The first-order chi connectivity index (χ1) is 11.8. The highest BCUT2D eigenvalue weighted by Gasteiger charge is 2.58. The van der Waals surface area contributed by atoms with Gasteiger partial charge < -0.3 is 4.13 Å². The smallest absolute Gasteiger partial charge is 0.423 e. The average molecular weight is 440 g/mol. The number of sulfonamides is 2. The topological polar surface area (TPSA) is 99.4 Å². The monoisotopic (exact) mass is 440 g/mol. The van der Waals surface area contributed by atoms with Crippen LogP contribution in [-0.2, 0) is 24.8 Å². The molecule has 4 unspecified atom stereocenters. The van der Waals surface area contributed by atoms with Crippen molar-refractivity contribution >= 4 is 25.8 Å². The molecule has 0 amide bonds. The van der Waals surface area contributed by atoms with E-state index in [-0.39, 0.29) is 23.2 Å². The Morgan fingerprint density at radius 3 is 1.96 bits per heavy atom. The lowest BCUT2D eigenvalue weighted by Crippen LogP contribution is -2.55. The van der Waals surface area contributed by atoms with Gasteiger partial charge in [0.1, 0.15) is 0 Å². The van der Waals surface area contributed by atoms with E-state index in [1.54, 1.807) is 6.92 Å². The molecule has 3 fully saturated rings. The van der Waals surface area contributed by atoms with E-state index < -0.39 is 48.9 Å². The van der Waals surface area contributed by atoms with Crippen LogP contribution >= 0.6 is 0 Å². The molecule has 0 radical (unpaired) electrons. The van der Waals surface area contributed by atoms with Gasteiger partial charge in [0.25, 0.3) is 0 Å². The fraction of sp³-hybridized carbons (Fsp3) is 0.929. The lowest BCUT2D eigenvalue weighted by molar-refractivity contribution is -0.148. The van der Waals surface area contributed by atoms with Crippen LogP contribution in [0.5, 0.6) is 0 Å². The fourth-order valence-corrected chi connectivity index (χ4v) is 6.36. The van der Waals surface area contributed by atoms with Gasteiger partial charge in [-0.2, -0.15) is 22.0 Å². The van der Waals surface area contributed by atoms with Crippen LogP contribution in [0.15, 0.2) is 0 Å². The maximum Gasteiger partial charge on any atom is 0.480 e. The Hall–Kier alpha value is -0.820. The van der Waals surface area contributed by atoms with E-state index in [9.17, 15) is 43.6 Å². The summed E-state index contributed by atoms with van der Waals surface area (Å²) in [7, 11) is -13.3. The van der Waals surface area contributed by atoms with E-state index in [2.05, 4.69) is 0 Å². The first-order valence-corrected chi connectivity index (χ1v) is 10.9. The van der Waals surface area contributed by atoms with Crippen molar-refractivity contribution in [3.05, 3.63) is 4.13 Å². The van der Waals surface area contributed by atoms with Crippen molar-refractivity contribution in [2.75, 3.05) is 0 Å². The number of Topliss-reactive ketones (excluding diaryl/α,β-unsaturated/α-hetero) is 1. The Morgan fingerprint density at radius 2 is 1.56 bits per heavy atom. The molecule has 0 spiro atoms. The molecule has 0 aromatic rings. The van der Waals surface area contributed by atoms with Gasteiger partial charge in [0, 0.05) is 6.42 Å². The molecule has 13 heteroatoms. The molecule has 3 saturated carbocycles. The number of rotatable bonds is 6. The molecule has 0 saturated heterocycles. The maximum atomic E-state index is 14.0. The molecule has 27 heavy (non-hydrogen) atoms. The summed E-state index contributed by atoms with van der Waals surface area (Å²) in [5, 5.41) is -5.36. The van der Waals surface area contributed by atoms with E-state index in [0.717, 1.165) is 6.42 Å². The summed E-state index contributed by atoms with van der Waals surface area (Å²) < 4.78 is 110. The lowest BCUT2D eigenvalue weighted by atomic mass is 9.43. The minimum Gasteiger partial charge on any atom is -0.423 e. The van der Waals surface area contributed by atoms with Crippen molar-refractivity contribution < 1.29 is 43.6 Å². The molecule has 3 aliphatic rings. The number of hydrogen-bond donors (Lipinski definition) is 0. The van der Waals surface area contributed by atoms with Crippen LogP contribution in [0.2, 0.25) is 0 Å². The summed E-state index contributed by atoms with van der Waals surface area (Å²) >= 11 is 0. The molecule has 0 aliphatic heterocycles. The predicted octanol–water partition coefficient (Wildman–Crippen LogP) is 3.41. The summed E-state index contributed by atoms with van der Waals surface area (Å²) in [6.45, 7) is 5.78. The van der Waals surface area contributed by atoms with Crippen molar-refractivity contribution in [1.82, 2.24) is 0 Å². The summed E-state index contributed by atoms with van der Waals surface area (Å²) in [5.74, 6) is -2.54. The zero-order valence-corrected chi connectivity index (χ0v) is 16.3. The SMILES string of the molecule is CC1C(CC(=O)C(F)(F)S(=O)(=O)[N-]S(=O)(=O)C(F)(F)F)CC2CC1C2(C)C.